The van der Waals surface area contributed by atoms with E-state index in [0.29, 0.717) is 5.75 Å². The predicted octanol–water partition coefficient (Wildman–Crippen LogP) is 0.695. The lowest BCUT2D eigenvalue weighted by Gasteiger charge is -2.23. The van der Waals surface area contributed by atoms with E-state index in [9.17, 15) is 4.21 Å². The molecular formula is C7H18NO2S+. The van der Waals surface area contributed by atoms with Gasteiger partial charge in [-0.3, -0.25) is 0 Å². The first-order chi connectivity index (χ1) is 4.92. The maximum absolute atomic E-state index is 10.2. The average Bonchev–Trinajstić information content (AvgIpc) is 1.78. The van der Waals surface area contributed by atoms with Gasteiger partial charge >= 0.3 is 0 Å². The van der Waals surface area contributed by atoms with Gasteiger partial charge in [-0.25, -0.2) is 4.21 Å². The molecule has 0 saturated carbocycles. The van der Waals surface area contributed by atoms with E-state index < -0.39 is 11.1 Å². The topological polar surface area (TPSA) is 37.3 Å². The molecule has 0 aromatic carbocycles. The van der Waals surface area contributed by atoms with Crippen LogP contribution < -0.4 is 0 Å². The van der Waals surface area contributed by atoms with Gasteiger partial charge in [0.25, 0.3) is 0 Å². The summed E-state index contributed by atoms with van der Waals surface area (Å²) in [6.45, 7) is 1.07. The van der Waals surface area contributed by atoms with Crippen LogP contribution in [-0.2, 0) is 11.1 Å². The standard InChI is InChI=1S/C7H17NO2S/c1-8(2,3)6-4-5-7-11(9)10/h4-7H2,1-3H3/p+1. The van der Waals surface area contributed by atoms with Crippen LogP contribution in [0.5, 0.6) is 0 Å². The van der Waals surface area contributed by atoms with Gasteiger partial charge in [-0.2, -0.15) is 0 Å². The molecule has 1 N–H and O–H groups in total. The summed E-state index contributed by atoms with van der Waals surface area (Å²) in [6, 6.07) is 0. The van der Waals surface area contributed by atoms with Crippen LogP contribution in [0.1, 0.15) is 12.8 Å². The van der Waals surface area contributed by atoms with Crippen molar-refractivity contribution in [3.05, 3.63) is 0 Å². The normalized spacial score (nSPS) is 14.9. The van der Waals surface area contributed by atoms with Crippen LogP contribution in [0.4, 0.5) is 0 Å². The van der Waals surface area contributed by atoms with Crippen LogP contribution in [0.15, 0.2) is 0 Å². The maximum Gasteiger partial charge on any atom is 0.152 e. The van der Waals surface area contributed by atoms with Crippen LogP contribution in [0.25, 0.3) is 0 Å². The second-order valence-corrected chi connectivity index (χ2v) is 4.80. The zero-order chi connectivity index (χ0) is 8.91. The second kappa shape index (κ2) is 4.85. The van der Waals surface area contributed by atoms with Crippen molar-refractivity contribution in [1.29, 1.82) is 0 Å². The summed E-state index contributed by atoms with van der Waals surface area (Å²) in [6.07, 6.45) is 1.87. The molecule has 0 amide bonds. The van der Waals surface area contributed by atoms with Crippen molar-refractivity contribution in [2.45, 2.75) is 12.8 Å². The molecule has 0 bridgehead atoms. The molecule has 0 aromatic rings. The van der Waals surface area contributed by atoms with Crippen LogP contribution in [-0.4, -0.2) is 46.7 Å². The minimum absolute atomic E-state index is 0.417. The van der Waals surface area contributed by atoms with Crippen molar-refractivity contribution in [1.82, 2.24) is 0 Å². The molecule has 1 unspecified atom stereocenters. The fourth-order valence-corrected chi connectivity index (χ4v) is 1.26. The SMILES string of the molecule is C[N+](C)(C)CCCCS(=O)O. The lowest BCUT2D eigenvalue weighted by atomic mass is 10.3. The third-order valence-electron chi connectivity index (χ3n) is 1.40. The van der Waals surface area contributed by atoms with E-state index in [4.69, 9.17) is 4.55 Å². The molecular weight excluding hydrogens is 162 g/mol. The summed E-state index contributed by atoms with van der Waals surface area (Å²) < 4.78 is 19.6. The summed E-state index contributed by atoms with van der Waals surface area (Å²) in [4.78, 5) is 0. The number of hydrogen-bond donors (Lipinski definition) is 1. The third-order valence-corrected chi connectivity index (χ3v) is 2.04. The van der Waals surface area contributed by atoms with Gasteiger partial charge in [0.1, 0.15) is 0 Å². The van der Waals surface area contributed by atoms with Crippen molar-refractivity contribution < 1.29 is 13.2 Å². The zero-order valence-corrected chi connectivity index (χ0v) is 8.36. The van der Waals surface area contributed by atoms with E-state index in [1.165, 1.54) is 0 Å². The van der Waals surface area contributed by atoms with Crippen LogP contribution in [0.2, 0.25) is 0 Å². The number of nitrogens with zero attached hydrogens (tertiary/aromatic N) is 1. The minimum Gasteiger partial charge on any atom is -0.331 e. The number of hydrogen-bond acceptors (Lipinski definition) is 1. The van der Waals surface area contributed by atoms with Crippen molar-refractivity contribution in [2.24, 2.45) is 0 Å². The molecule has 68 valence electrons. The highest BCUT2D eigenvalue weighted by Crippen LogP contribution is 1.97. The summed E-state index contributed by atoms with van der Waals surface area (Å²) in [5.41, 5.74) is 0. The molecule has 4 heteroatoms. The predicted molar refractivity (Wildman–Crippen MR) is 47.8 cm³/mol. The molecule has 0 heterocycles. The number of rotatable bonds is 5. The Morgan fingerprint density at radius 1 is 1.27 bits per heavy atom. The monoisotopic (exact) mass is 180 g/mol. The highest BCUT2D eigenvalue weighted by Gasteiger charge is 2.05. The largest absolute Gasteiger partial charge is 0.331 e. The number of unbranched alkanes of at least 4 members (excludes halogenated alkanes) is 1. The summed E-state index contributed by atoms with van der Waals surface area (Å²) >= 11 is -1.60. The molecule has 0 radical (unpaired) electrons. The van der Waals surface area contributed by atoms with E-state index >= 15 is 0 Å². The molecule has 0 aromatic heterocycles. The van der Waals surface area contributed by atoms with Gasteiger partial charge in [-0.1, -0.05) is 0 Å². The third kappa shape index (κ3) is 10.1. The van der Waals surface area contributed by atoms with Gasteiger partial charge in [0.05, 0.1) is 27.7 Å². The molecule has 0 saturated heterocycles. The van der Waals surface area contributed by atoms with E-state index in [0.717, 1.165) is 23.9 Å². The van der Waals surface area contributed by atoms with Crippen molar-refractivity contribution in [3.63, 3.8) is 0 Å². The first-order valence-corrected chi connectivity index (χ1v) is 5.07. The van der Waals surface area contributed by atoms with E-state index in [2.05, 4.69) is 21.1 Å². The zero-order valence-electron chi connectivity index (χ0n) is 7.54. The van der Waals surface area contributed by atoms with Crippen LogP contribution >= 0.6 is 0 Å². The summed E-state index contributed by atoms with van der Waals surface area (Å²) in [5, 5.41) is 0. The molecule has 11 heavy (non-hydrogen) atoms. The molecule has 0 spiro atoms. The Kier molecular flexibility index (Phi) is 4.88. The fraction of sp³-hybridized carbons (Fsp3) is 1.00. The molecule has 0 fully saturated rings. The van der Waals surface area contributed by atoms with Gasteiger partial charge in [0, 0.05) is 5.75 Å². The van der Waals surface area contributed by atoms with E-state index in [1.807, 2.05) is 0 Å². The van der Waals surface area contributed by atoms with Gasteiger partial charge in [0.15, 0.2) is 11.1 Å². The molecule has 0 aliphatic rings. The molecule has 1 atom stereocenters. The lowest BCUT2D eigenvalue weighted by molar-refractivity contribution is -0.870. The highest BCUT2D eigenvalue weighted by atomic mass is 32.2. The Balaban J connectivity index is 3.22. The fourth-order valence-electron chi connectivity index (χ4n) is 0.812. The first-order valence-electron chi connectivity index (χ1n) is 3.80. The summed E-state index contributed by atoms with van der Waals surface area (Å²) in [7, 11) is 6.36. The Bertz CT molecular complexity index is 131. The van der Waals surface area contributed by atoms with Gasteiger partial charge in [-0.15, -0.1) is 0 Å². The van der Waals surface area contributed by atoms with Gasteiger partial charge in [0.2, 0.25) is 0 Å². The van der Waals surface area contributed by atoms with E-state index in [-0.39, 0.29) is 0 Å². The number of quaternary nitrogens is 1. The highest BCUT2D eigenvalue weighted by molar-refractivity contribution is 7.79. The molecule has 0 aliphatic carbocycles. The molecule has 3 nitrogen and oxygen atoms in total. The Morgan fingerprint density at radius 2 is 1.82 bits per heavy atom. The van der Waals surface area contributed by atoms with Crippen molar-refractivity contribution >= 4 is 11.1 Å². The molecule has 0 rings (SSSR count). The van der Waals surface area contributed by atoms with Crippen molar-refractivity contribution in [3.8, 4) is 0 Å². The smallest absolute Gasteiger partial charge is 0.152 e. The maximum atomic E-state index is 10.2. The van der Waals surface area contributed by atoms with Crippen molar-refractivity contribution in [2.75, 3.05) is 33.4 Å². The van der Waals surface area contributed by atoms with E-state index in [1.54, 1.807) is 0 Å². The summed E-state index contributed by atoms with van der Waals surface area (Å²) in [5.74, 6) is 0.417. The first kappa shape index (κ1) is 11.1. The van der Waals surface area contributed by atoms with Gasteiger partial charge in [-0.05, 0) is 12.8 Å². The van der Waals surface area contributed by atoms with Crippen LogP contribution in [0, 0.1) is 0 Å². The Labute approximate surface area is 71.3 Å². The Morgan fingerprint density at radius 3 is 2.18 bits per heavy atom. The lowest BCUT2D eigenvalue weighted by Crippen LogP contribution is -2.35. The molecule has 0 aliphatic heterocycles. The van der Waals surface area contributed by atoms with Crippen LogP contribution in [0.3, 0.4) is 0 Å². The minimum atomic E-state index is -1.60. The quantitative estimate of drug-likeness (QED) is 0.384. The average molecular weight is 180 g/mol. The second-order valence-electron chi connectivity index (χ2n) is 3.75. The van der Waals surface area contributed by atoms with Gasteiger partial charge < -0.3 is 9.04 Å². The Hall–Kier alpha value is 0.0700.